The number of nitro groups is 1. The van der Waals surface area contributed by atoms with Crippen LogP contribution in [0.2, 0.25) is 5.02 Å². The Bertz CT molecular complexity index is 447. The third-order valence-corrected chi connectivity index (χ3v) is 3.56. The van der Waals surface area contributed by atoms with E-state index in [2.05, 4.69) is 10.2 Å². The number of benzene rings is 1. The average molecular weight is 270 g/mol. The zero-order chi connectivity index (χ0) is 13.1. The van der Waals surface area contributed by atoms with Gasteiger partial charge in [0.1, 0.15) is 0 Å². The van der Waals surface area contributed by atoms with Crippen molar-refractivity contribution in [1.29, 1.82) is 0 Å². The number of rotatable bonds is 4. The Morgan fingerprint density at radius 2 is 2.39 bits per heavy atom. The Labute approximate surface area is 111 Å². The van der Waals surface area contributed by atoms with Gasteiger partial charge < -0.3 is 5.32 Å². The summed E-state index contributed by atoms with van der Waals surface area (Å²) in [4.78, 5) is 12.8. The molecule has 0 bridgehead atoms. The SMILES string of the molecule is CN(Cc1ccc(Cl)cc1[N+](=O)[O-])C1CCNC1. The first-order valence-electron chi connectivity index (χ1n) is 5.91. The lowest BCUT2D eigenvalue weighted by Crippen LogP contribution is -2.33. The van der Waals surface area contributed by atoms with Crippen LogP contribution < -0.4 is 5.32 Å². The molecule has 1 aromatic rings. The smallest absolute Gasteiger partial charge is 0.275 e. The predicted octanol–water partition coefficient (Wildman–Crippen LogP) is 2.04. The second-order valence-corrected chi connectivity index (χ2v) is 5.03. The van der Waals surface area contributed by atoms with E-state index < -0.39 is 0 Å². The number of nitrogens with one attached hydrogen (secondary N) is 1. The van der Waals surface area contributed by atoms with Gasteiger partial charge >= 0.3 is 0 Å². The van der Waals surface area contributed by atoms with E-state index in [0.29, 0.717) is 23.2 Å². The minimum atomic E-state index is -0.373. The summed E-state index contributed by atoms with van der Waals surface area (Å²) < 4.78 is 0. The molecule has 6 heteroatoms. The minimum Gasteiger partial charge on any atom is -0.315 e. The van der Waals surface area contributed by atoms with Crippen molar-refractivity contribution in [3.05, 3.63) is 38.9 Å². The van der Waals surface area contributed by atoms with Crippen LogP contribution in [0.15, 0.2) is 18.2 Å². The van der Waals surface area contributed by atoms with Crippen LogP contribution in [0.25, 0.3) is 0 Å². The van der Waals surface area contributed by atoms with Crippen molar-refractivity contribution < 1.29 is 4.92 Å². The Kier molecular flexibility index (Phi) is 4.16. The lowest BCUT2D eigenvalue weighted by molar-refractivity contribution is -0.385. The molecule has 0 radical (unpaired) electrons. The van der Waals surface area contributed by atoms with Crippen molar-refractivity contribution in [3.8, 4) is 0 Å². The second kappa shape index (κ2) is 5.65. The summed E-state index contributed by atoms with van der Waals surface area (Å²) in [5.74, 6) is 0. The van der Waals surface area contributed by atoms with Gasteiger partial charge in [-0.3, -0.25) is 15.0 Å². The summed E-state index contributed by atoms with van der Waals surface area (Å²) in [5.41, 5.74) is 0.805. The normalized spacial score (nSPS) is 19.4. The molecule has 1 unspecified atom stereocenters. The molecule has 0 aromatic heterocycles. The standard InChI is InChI=1S/C12H16ClN3O2/c1-15(11-4-5-14-7-11)8-9-2-3-10(13)6-12(9)16(17)18/h2-3,6,11,14H,4-5,7-8H2,1H3. The fourth-order valence-corrected chi connectivity index (χ4v) is 2.42. The maximum atomic E-state index is 11.0. The first kappa shape index (κ1) is 13.3. The highest BCUT2D eigenvalue weighted by Gasteiger charge is 2.22. The van der Waals surface area contributed by atoms with Crippen molar-refractivity contribution in [2.45, 2.75) is 19.0 Å². The van der Waals surface area contributed by atoms with Crippen molar-refractivity contribution >= 4 is 17.3 Å². The summed E-state index contributed by atoms with van der Waals surface area (Å²) in [5, 5.41) is 14.7. The van der Waals surface area contributed by atoms with E-state index in [-0.39, 0.29) is 10.6 Å². The molecule has 1 atom stereocenters. The number of nitro benzene ring substituents is 1. The summed E-state index contributed by atoms with van der Waals surface area (Å²) in [6.45, 7) is 2.52. The third-order valence-electron chi connectivity index (χ3n) is 3.32. The Balaban J connectivity index is 2.15. The lowest BCUT2D eigenvalue weighted by Gasteiger charge is -2.23. The van der Waals surface area contributed by atoms with Gasteiger partial charge in [0.15, 0.2) is 0 Å². The molecule has 1 N–H and O–H groups in total. The quantitative estimate of drug-likeness (QED) is 0.671. The Morgan fingerprint density at radius 3 is 3.00 bits per heavy atom. The molecular weight excluding hydrogens is 254 g/mol. The zero-order valence-electron chi connectivity index (χ0n) is 10.2. The van der Waals surface area contributed by atoms with Crippen LogP contribution in [0.1, 0.15) is 12.0 Å². The van der Waals surface area contributed by atoms with Gasteiger partial charge in [0.25, 0.3) is 5.69 Å². The van der Waals surface area contributed by atoms with Crippen molar-refractivity contribution in [3.63, 3.8) is 0 Å². The zero-order valence-corrected chi connectivity index (χ0v) is 11.0. The molecule has 18 heavy (non-hydrogen) atoms. The molecule has 98 valence electrons. The molecule has 0 amide bonds. The van der Waals surface area contributed by atoms with Gasteiger partial charge in [-0.1, -0.05) is 11.6 Å². The van der Waals surface area contributed by atoms with E-state index >= 15 is 0 Å². The highest BCUT2D eigenvalue weighted by molar-refractivity contribution is 6.30. The van der Waals surface area contributed by atoms with Crippen LogP contribution in [-0.2, 0) is 6.54 Å². The second-order valence-electron chi connectivity index (χ2n) is 4.59. The molecule has 0 saturated carbocycles. The molecule has 1 fully saturated rings. The Morgan fingerprint density at radius 1 is 1.61 bits per heavy atom. The van der Waals surface area contributed by atoms with Gasteiger partial charge in [-0.25, -0.2) is 0 Å². The summed E-state index contributed by atoms with van der Waals surface area (Å²) >= 11 is 5.80. The highest BCUT2D eigenvalue weighted by Crippen LogP contribution is 2.25. The molecule has 0 spiro atoms. The maximum absolute atomic E-state index is 11.0. The van der Waals surface area contributed by atoms with Crippen molar-refractivity contribution in [1.82, 2.24) is 10.2 Å². The van der Waals surface area contributed by atoms with E-state index in [1.165, 1.54) is 6.07 Å². The van der Waals surface area contributed by atoms with Crippen LogP contribution >= 0.6 is 11.6 Å². The molecule has 1 heterocycles. The lowest BCUT2D eigenvalue weighted by atomic mass is 10.1. The largest absolute Gasteiger partial charge is 0.315 e. The van der Waals surface area contributed by atoms with Crippen LogP contribution in [-0.4, -0.2) is 36.0 Å². The molecular formula is C12H16ClN3O2. The van der Waals surface area contributed by atoms with Gasteiger partial charge in [-0.2, -0.15) is 0 Å². The van der Waals surface area contributed by atoms with Crippen LogP contribution in [0, 0.1) is 10.1 Å². The van der Waals surface area contributed by atoms with E-state index in [9.17, 15) is 10.1 Å². The summed E-state index contributed by atoms with van der Waals surface area (Å²) in [6.07, 6.45) is 1.08. The van der Waals surface area contributed by atoms with E-state index in [4.69, 9.17) is 11.6 Å². The van der Waals surface area contributed by atoms with Crippen LogP contribution in [0.3, 0.4) is 0 Å². The van der Waals surface area contributed by atoms with Gasteiger partial charge in [-0.05, 0) is 32.1 Å². The number of hydrogen-bond donors (Lipinski definition) is 1. The number of halogens is 1. The predicted molar refractivity (Wildman–Crippen MR) is 70.8 cm³/mol. The number of likely N-dealkylation sites (N-methyl/N-ethyl adjacent to an activating group) is 1. The summed E-state index contributed by atoms with van der Waals surface area (Å²) in [7, 11) is 2.00. The van der Waals surface area contributed by atoms with Gasteiger partial charge in [0, 0.05) is 35.8 Å². The minimum absolute atomic E-state index is 0.0975. The summed E-state index contributed by atoms with van der Waals surface area (Å²) in [6, 6.07) is 5.29. The molecule has 1 aliphatic heterocycles. The molecule has 1 saturated heterocycles. The molecule has 1 aliphatic rings. The van der Waals surface area contributed by atoms with Gasteiger partial charge in [0.05, 0.1) is 4.92 Å². The topological polar surface area (TPSA) is 58.4 Å². The highest BCUT2D eigenvalue weighted by atomic mass is 35.5. The van der Waals surface area contributed by atoms with E-state index in [1.54, 1.807) is 12.1 Å². The van der Waals surface area contributed by atoms with Gasteiger partial charge in [0.2, 0.25) is 0 Å². The molecule has 5 nitrogen and oxygen atoms in total. The first-order valence-corrected chi connectivity index (χ1v) is 6.29. The monoisotopic (exact) mass is 269 g/mol. The third kappa shape index (κ3) is 2.98. The number of hydrogen-bond acceptors (Lipinski definition) is 4. The molecule has 2 rings (SSSR count). The van der Waals surface area contributed by atoms with Crippen LogP contribution in [0.5, 0.6) is 0 Å². The average Bonchev–Trinajstić information content (AvgIpc) is 2.84. The number of nitrogens with zero attached hydrogens (tertiary/aromatic N) is 2. The van der Waals surface area contributed by atoms with Crippen molar-refractivity contribution in [2.24, 2.45) is 0 Å². The van der Waals surface area contributed by atoms with E-state index in [0.717, 1.165) is 19.5 Å². The van der Waals surface area contributed by atoms with Crippen LogP contribution in [0.4, 0.5) is 5.69 Å². The van der Waals surface area contributed by atoms with Gasteiger partial charge in [-0.15, -0.1) is 0 Å². The molecule has 0 aliphatic carbocycles. The fourth-order valence-electron chi connectivity index (χ4n) is 2.25. The fraction of sp³-hybridized carbons (Fsp3) is 0.500. The first-order chi connectivity index (χ1) is 8.58. The van der Waals surface area contributed by atoms with Crippen molar-refractivity contribution in [2.75, 3.05) is 20.1 Å². The van der Waals surface area contributed by atoms with E-state index in [1.807, 2.05) is 7.05 Å². The maximum Gasteiger partial charge on any atom is 0.275 e. The Hall–Kier alpha value is -1.17. The molecule has 1 aromatic carbocycles.